The maximum absolute atomic E-state index is 12.2. The van der Waals surface area contributed by atoms with E-state index in [4.69, 9.17) is 9.84 Å². The molecule has 1 aromatic rings. The van der Waals surface area contributed by atoms with Crippen molar-refractivity contribution in [3.63, 3.8) is 0 Å². The number of hydrogen-bond donors (Lipinski definition) is 1. The van der Waals surface area contributed by atoms with Gasteiger partial charge in [-0.1, -0.05) is 24.1 Å². The highest BCUT2D eigenvalue weighted by Gasteiger charge is 2.44. The number of hydrogen-bond acceptors (Lipinski definition) is 3. The summed E-state index contributed by atoms with van der Waals surface area (Å²) in [7, 11) is 0. The molecule has 0 spiro atoms. The summed E-state index contributed by atoms with van der Waals surface area (Å²) in [6, 6.07) is 9.47. The molecule has 1 saturated carbocycles. The molecule has 0 atom stereocenters. The van der Waals surface area contributed by atoms with Crippen LogP contribution in [-0.2, 0) is 14.3 Å². The van der Waals surface area contributed by atoms with Gasteiger partial charge in [-0.25, -0.2) is 0 Å². The molecule has 1 N–H and O–H groups in total. The van der Waals surface area contributed by atoms with Crippen LogP contribution in [0.2, 0.25) is 0 Å². The molecule has 0 aromatic heterocycles. The zero-order valence-electron chi connectivity index (χ0n) is 12.9. The SMILES string of the molecule is CC(C)(C(=O)O)C(=O)OC1(C#Cc2ccccc2)CCCC1. The summed E-state index contributed by atoms with van der Waals surface area (Å²) >= 11 is 0. The van der Waals surface area contributed by atoms with Crippen molar-refractivity contribution in [1.82, 2.24) is 0 Å². The van der Waals surface area contributed by atoms with Crippen LogP contribution >= 0.6 is 0 Å². The zero-order valence-corrected chi connectivity index (χ0v) is 12.9. The summed E-state index contributed by atoms with van der Waals surface area (Å²) in [5.74, 6) is 4.18. The number of benzene rings is 1. The van der Waals surface area contributed by atoms with Gasteiger partial charge in [-0.15, -0.1) is 0 Å². The number of aliphatic carboxylic acids is 1. The minimum Gasteiger partial charge on any atom is -0.480 e. The Hall–Kier alpha value is -2.28. The van der Waals surface area contributed by atoms with Crippen molar-refractivity contribution in [2.45, 2.75) is 45.1 Å². The number of esters is 1. The number of carbonyl (C=O) groups is 2. The molecule has 0 saturated heterocycles. The van der Waals surface area contributed by atoms with Crippen LogP contribution in [0.4, 0.5) is 0 Å². The van der Waals surface area contributed by atoms with Crippen LogP contribution in [0.3, 0.4) is 0 Å². The lowest BCUT2D eigenvalue weighted by Gasteiger charge is -2.27. The van der Waals surface area contributed by atoms with E-state index in [0.717, 1.165) is 18.4 Å². The number of ether oxygens (including phenoxy) is 1. The van der Waals surface area contributed by atoms with E-state index in [1.54, 1.807) is 0 Å². The van der Waals surface area contributed by atoms with Crippen molar-refractivity contribution >= 4 is 11.9 Å². The van der Waals surface area contributed by atoms with Gasteiger partial charge in [0.25, 0.3) is 0 Å². The van der Waals surface area contributed by atoms with Gasteiger partial charge in [0, 0.05) is 5.56 Å². The Morgan fingerprint density at radius 2 is 1.77 bits per heavy atom. The lowest BCUT2D eigenvalue weighted by Crippen LogP contribution is -2.41. The highest BCUT2D eigenvalue weighted by atomic mass is 16.6. The van der Waals surface area contributed by atoms with Crippen LogP contribution in [0, 0.1) is 17.3 Å². The van der Waals surface area contributed by atoms with Crippen LogP contribution in [0.1, 0.15) is 45.1 Å². The monoisotopic (exact) mass is 300 g/mol. The fourth-order valence-electron chi connectivity index (χ4n) is 2.30. The first kappa shape index (κ1) is 16.1. The summed E-state index contributed by atoms with van der Waals surface area (Å²) in [5, 5.41) is 9.14. The van der Waals surface area contributed by atoms with E-state index in [9.17, 15) is 9.59 Å². The Kier molecular flexibility index (Phi) is 4.56. The first-order chi connectivity index (χ1) is 10.4. The van der Waals surface area contributed by atoms with Crippen molar-refractivity contribution in [2.75, 3.05) is 0 Å². The highest BCUT2D eigenvalue weighted by molar-refractivity contribution is 5.98. The van der Waals surface area contributed by atoms with Crippen molar-refractivity contribution < 1.29 is 19.4 Å². The Morgan fingerprint density at radius 3 is 2.32 bits per heavy atom. The maximum atomic E-state index is 12.2. The fraction of sp³-hybridized carbons (Fsp3) is 0.444. The van der Waals surface area contributed by atoms with Crippen LogP contribution < -0.4 is 0 Å². The zero-order chi connectivity index (χ0) is 16.2. The van der Waals surface area contributed by atoms with Crippen molar-refractivity contribution in [2.24, 2.45) is 5.41 Å². The average Bonchev–Trinajstić information content (AvgIpc) is 2.95. The third-order valence-electron chi connectivity index (χ3n) is 3.95. The van der Waals surface area contributed by atoms with Crippen LogP contribution in [-0.4, -0.2) is 22.6 Å². The van der Waals surface area contributed by atoms with Crippen LogP contribution in [0.15, 0.2) is 30.3 Å². The smallest absolute Gasteiger partial charge is 0.324 e. The van der Waals surface area contributed by atoms with Crippen LogP contribution in [0.5, 0.6) is 0 Å². The first-order valence-electron chi connectivity index (χ1n) is 7.41. The number of carboxylic acid groups (broad SMARTS) is 1. The minimum atomic E-state index is -1.57. The molecule has 0 aliphatic heterocycles. The van der Waals surface area contributed by atoms with Gasteiger partial charge in [-0.05, 0) is 57.6 Å². The molecular formula is C18H20O4. The van der Waals surface area contributed by atoms with Gasteiger partial charge in [0.15, 0.2) is 11.0 Å². The summed E-state index contributed by atoms with van der Waals surface area (Å²) in [6.07, 6.45) is 3.14. The van der Waals surface area contributed by atoms with Gasteiger partial charge in [0.2, 0.25) is 0 Å². The van der Waals surface area contributed by atoms with Crippen molar-refractivity contribution in [1.29, 1.82) is 0 Å². The molecule has 2 rings (SSSR count). The number of carbonyl (C=O) groups excluding carboxylic acids is 1. The summed E-state index contributed by atoms with van der Waals surface area (Å²) < 4.78 is 5.55. The first-order valence-corrected chi connectivity index (χ1v) is 7.41. The Morgan fingerprint density at radius 1 is 1.18 bits per heavy atom. The van der Waals surface area contributed by atoms with Gasteiger partial charge in [-0.3, -0.25) is 9.59 Å². The van der Waals surface area contributed by atoms with E-state index in [1.807, 2.05) is 30.3 Å². The fourth-order valence-corrected chi connectivity index (χ4v) is 2.30. The number of carboxylic acids is 1. The molecule has 116 valence electrons. The molecule has 0 amide bonds. The predicted molar refractivity (Wildman–Crippen MR) is 82.0 cm³/mol. The lowest BCUT2D eigenvalue weighted by molar-refractivity contribution is -0.173. The van der Waals surface area contributed by atoms with E-state index >= 15 is 0 Å². The molecular weight excluding hydrogens is 280 g/mol. The molecule has 0 heterocycles. The normalized spacial score (nSPS) is 16.5. The molecule has 22 heavy (non-hydrogen) atoms. The quantitative estimate of drug-likeness (QED) is 0.529. The molecule has 1 aliphatic rings. The average molecular weight is 300 g/mol. The lowest BCUT2D eigenvalue weighted by atomic mass is 9.93. The van der Waals surface area contributed by atoms with E-state index in [2.05, 4.69) is 11.8 Å². The summed E-state index contributed by atoms with van der Waals surface area (Å²) in [4.78, 5) is 23.4. The molecule has 0 radical (unpaired) electrons. The summed E-state index contributed by atoms with van der Waals surface area (Å²) in [5.41, 5.74) is -1.58. The predicted octanol–water partition coefficient (Wildman–Crippen LogP) is 3.00. The highest BCUT2D eigenvalue weighted by Crippen LogP contribution is 2.35. The molecule has 1 aromatic carbocycles. The van der Waals surface area contributed by atoms with Gasteiger partial charge in [0.1, 0.15) is 0 Å². The third kappa shape index (κ3) is 3.48. The molecule has 0 unspecified atom stereocenters. The van der Waals surface area contributed by atoms with Gasteiger partial charge >= 0.3 is 11.9 Å². The number of rotatable bonds is 3. The molecule has 1 fully saturated rings. The Labute approximate surface area is 130 Å². The second-order valence-electron chi connectivity index (χ2n) is 6.14. The second kappa shape index (κ2) is 6.23. The third-order valence-corrected chi connectivity index (χ3v) is 3.95. The Bertz CT molecular complexity index is 613. The van der Waals surface area contributed by atoms with E-state index in [0.29, 0.717) is 12.8 Å². The molecule has 4 heteroatoms. The van der Waals surface area contributed by atoms with Gasteiger partial charge in [-0.2, -0.15) is 0 Å². The minimum absolute atomic E-state index is 0.647. The van der Waals surface area contributed by atoms with Crippen molar-refractivity contribution in [3.8, 4) is 11.8 Å². The maximum Gasteiger partial charge on any atom is 0.324 e. The van der Waals surface area contributed by atoms with E-state index in [-0.39, 0.29) is 0 Å². The topological polar surface area (TPSA) is 63.6 Å². The van der Waals surface area contributed by atoms with Gasteiger partial charge in [0.05, 0.1) is 0 Å². The van der Waals surface area contributed by atoms with Crippen molar-refractivity contribution in [3.05, 3.63) is 35.9 Å². The largest absolute Gasteiger partial charge is 0.480 e. The molecule has 1 aliphatic carbocycles. The van der Waals surface area contributed by atoms with E-state index in [1.165, 1.54) is 13.8 Å². The van der Waals surface area contributed by atoms with E-state index < -0.39 is 23.0 Å². The van der Waals surface area contributed by atoms with Crippen LogP contribution in [0.25, 0.3) is 0 Å². The standard InChI is InChI=1S/C18H20O4/c1-17(2,15(19)20)16(21)22-18(11-6-7-12-18)13-10-14-8-4-3-5-9-14/h3-5,8-9H,6-7,11-12H2,1-2H3,(H,19,20). The van der Waals surface area contributed by atoms with Gasteiger partial charge < -0.3 is 9.84 Å². The molecule has 0 bridgehead atoms. The summed E-state index contributed by atoms with van der Waals surface area (Å²) in [6.45, 7) is 2.70. The second-order valence-corrected chi connectivity index (χ2v) is 6.14. The Balaban J connectivity index is 2.22. The molecule has 4 nitrogen and oxygen atoms in total.